The minimum Gasteiger partial charge on any atom is -0.492 e. The Morgan fingerprint density at radius 3 is 2.58 bits per heavy atom. The van der Waals surface area contributed by atoms with Crippen LogP contribution >= 0.6 is 11.6 Å². The van der Waals surface area contributed by atoms with E-state index in [1.165, 1.54) is 12.3 Å². The number of halogens is 1. The Hall–Kier alpha value is -2.31. The SMILES string of the molecule is CCC(C)(C)[C@@H]1[C@H](C)c2cc(OCCCOC)c(Cl)cc2-c2cc(=O)c(C(=O)O)cn21. The maximum Gasteiger partial charge on any atom is 0.341 e. The maximum atomic E-state index is 12.5. The molecular formula is C24H30ClNO5. The van der Waals surface area contributed by atoms with Crippen molar-refractivity contribution >= 4 is 17.6 Å². The van der Waals surface area contributed by atoms with Gasteiger partial charge in [-0.3, -0.25) is 4.79 Å². The lowest BCUT2D eigenvalue weighted by Gasteiger charge is -2.44. The van der Waals surface area contributed by atoms with Crippen LogP contribution < -0.4 is 10.2 Å². The third-order valence-electron chi connectivity index (χ3n) is 6.42. The predicted octanol–water partition coefficient (Wildman–Crippen LogP) is 5.38. The highest BCUT2D eigenvalue weighted by Gasteiger charge is 2.40. The normalized spacial score (nSPS) is 17.7. The molecule has 0 bridgehead atoms. The zero-order valence-corrected chi connectivity index (χ0v) is 19.5. The van der Waals surface area contributed by atoms with E-state index in [2.05, 4.69) is 27.7 Å². The van der Waals surface area contributed by atoms with Gasteiger partial charge in [-0.25, -0.2) is 4.79 Å². The number of nitrogens with zero attached hydrogens (tertiary/aromatic N) is 1. The molecule has 0 unspecified atom stereocenters. The molecule has 6 nitrogen and oxygen atoms in total. The van der Waals surface area contributed by atoms with Gasteiger partial charge in [0, 0.05) is 49.9 Å². The molecule has 0 saturated carbocycles. The van der Waals surface area contributed by atoms with Gasteiger partial charge in [0.2, 0.25) is 0 Å². The van der Waals surface area contributed by atoms with Crippen LogP contribution in [0.4, 0.5) is 0 Å². The molecule has 3 rings (SSSR count). The maximum absolute atomic E-state index is 12.5. The van der Waals surface area contributed by atoms with Gasteiger partial charge in [0.1, 0.15) is 11.3 Å². The van der Waals surface area contributed by atoms with E-state index in [1.54, 1.807) is 7.11 Å². The molecular weight excluding hydrogens is 418 g/mol. The van der Waals surface area contributed by atoms with E-state index in [-0.39, 0.29) is 22.9 Å². The van der Waals surface area contributed by atoms with E-state index in [1.807, 2.05) is 16.7 Å². The van der Waals surface area contributed by atoms with Gasteiger partial charge in [0.15, 0.2) is 5.43 Å². The third kappa shape index (κ3) is 4.37. The molecule has 2 atom stereocenters. The fourth-order valence-electron chi connectivity index (χ4n) is 4.49. The minimum absolute atomic E-state index is 0.0405. The number of benzene rings is 1. The lowest BCUT2D eigenvalue weighted by molar-refractivity contribution is 0.0693. The number of carboxylic acids is 1. The second-order valence-electron chi connectivity index (χ2n) is 8.79. The molecule has 0 amide bonds. The van der Waals surface area contributed by atoms with Gasteiger partial charge in [0.25, 0.3) is 0 Å². The largest absolute Gasteiger partial charge is 0.492 e. The molecule has 1 aliphatic heterocycles. The molecule has 1 N–H and O–H groups in total. The average molecular weight is 448 g/mol. The van der Waals surface area contributed by atoms with E-state index in [0.29, 0.717) is 29.7 Å². The van der Waals surface area contributed by atoms with Crippen molar-refractivity contribution in [1.82, 2.24) is 4.57 Å². The summed E-state index contributed by atoms with van der Waals surface area (Å²) in [6.45, 7) is 9.68. The van der Waals surface area contributed by atoms with E-state index in [4.69, 9.17) is 21.1 Å². The number of carboxylic acid groups (broad SMARTS) is 1. The van der Waals surface area contributed by atoms with Crippen LogP contribution in [0.5, 0.6) is 5.75 Å². The van der Waals surface area contributed by atoms with Crippen molar-refractivity contribution in [3.8, 4) is 17.0 Å². The molecule has 1 aliphatic rings. The zero-order chi connectivity index (χ0) is 22.9. The number of pyridine rings is 1. The number of aromatic nitrogens is 1. The lowest BCUT2D eigenvalue weighted by Crippen LogP contribution is -2.36. The number of carbonyl (C=O) groups is 1. The van der Waals surface area contributed by atoms with Crippen LogP contribution in [0.15, 0.2) is 29.2 Å². The summed E-state index contributed by atoms with van der Waals surface area (Å²) in [5.74, 6) is -0.556. The molecule has 168 valence electrons. The van der Waals surface area contributed by atoms with E-state index < -0.39 is 11.4 Å². The van der Waals surface area contributed by atoms with Crippen LogP contribution in [-0.2, 0) is 4.74 Å². The van der Waals surface area contributed by atoms with Crippen molar-refractivity contribution in [1.29, 1.82) is 0 Å². The molecule has 0 spiro atoms. The third-order valence-corrected chi connectivity index (χ3v) is 6.71. The second kappa shape index (κ2) is 9.05. The van der Waals surface area contributed by atoms with E-state index in [9.17, 15) is 14.7 Å². The van der Waals surface area contributed by atoms with Crippen LogP contribution in [-0.4, -0.2) is 36.0 Å². The Bertz CT molecular complexity index is 1040. The van der Waals surface area contributed by atoms with Crippen molar-refractivity contribution in [2.75, 3.05) is 20.3 Å². The van der Waals surface area contributed by atoms with Gasteiger partial charge in [-0.2, -0.15) is 0 Å². The van der Waals surface area contributed by atoms with Crippen molar-refractivity contribution in [2.24, 2.45) is 5.41 Å². The Morgan fingerprint density at radius 1 is 1.26 bits per heavy atom. The number of methoxy groups -OCH3 is 1. The highest BCUT2D eigenvalue weighted by molar-refractivity contribution is 6.32. The number of hydrogen-bond acceptors (Lipinski definition) is 4. The average Bonchev–Trinajstić information content (AvgIpc) is 2.71. The quantitative estimate of drug-likeness (QED) is 0.550. The van der Waals surface area contributed by atoms with Crippen molar-refractivity contribution in [3.63, 3.8) is 0 Å². The van der Waals surface area contributed by atoms with E-state index >= 15 is 0 Å². The Balaban J connectivity index is 2.19. The second-order valence-corrected chi connectivity index (χ2v) is 9.20. The fraction of sp³-hybridized carbons (Fsp3) is 0.500. The first-order valence-corrected chi connectivity index (χ1v) is 10.9. The van der Waals surface area contributed by atoms with Gasteiger partial charge in [-0.15, -0.1) is 0 Å². The van der Waals surface area contributed by atoms with Gasteiger partial charge >= 0.3 is 5.97 Å². The van der Waals surface area contributed by atoms with Crippen molar-refractivity contribution < 1.29 is 19.4 Å². The smallest absolute Gasteiger partial charge is 0.341 e. The molecule has 0 fully saturated rings. The van der Waals surface area contributed by atoms with E-state index in [0.717, 1.165) is 24.0 Å². The minimum atomic E-state index is -1.22. The molecule has 1 aromatic carbocycles. The number of ether oxygens (including phenoxy) is 2. The van der Waals surface area contributed by atoms with Crippen LogP contribution in [0.2, 0.25) is 5.02 Å². The Kier molecular flexibility index (Phi) is 6.82. The van der Waals surface area contributed by atoms with Gasteiger partial charge in [-0.1, -0.05) is 39.3 Å². The number of rotatable bonds is 8. The Morgan fingerprint density at radius 2 is 1.97 bits per heavy atom. The van der Waals surface area contributed by atoms with Crippen LogP contribution in [0.3, 0.4) is 0 Å². The monoisotopic (exact) mass is 447 g/mol. The molecule has 7 heteroatoms. The summed E-state index contributed by atoms with van der Waals surface area (Å²) in [4.78, 5) is 24.2. The zero-order valence-electron chi connectivity index (χ0n) is 18.7. The van der Waals surface area contributed by atoms with Gasteiger partial charge < -0.3 is 19.1 Å². The Labute approximate surface area is 187 Å². The van der Waals surface area contributed by atoms with Crippen LogP contribution in [0, 0.1) is 5.41 Å². The topological polar surface area (TPSA) is 77.8 Å². The molecule has 0 radical (unpaired) electrons. The fourth-order valence-corrected chi connectivity index (χ4v) is 4.71. The van der Waals surface area contributed by atoms with Crippen molar-refractivity contribution in [3.05, 3.63) is 50.8 Å². The van der Waals surface area contributed by atoms with Crippen LogP contribution in [0.1, 0.15) is 68.4 Å². The standard InChI is InChI=1S/C24H30ClNO5/c1-6-24(3,4)22-14(2)15-11-21(31-9-7-8-30-5)18(25)10-16(15)19-12-20(27)17(23(28)29)13-26(19)22/h10-14,22H,6-9H2,1-5H3,(H,28,29)/t14-,22+/m1/s1. The summed E-state index contributed by atoms with van der Waals surface area (Å²) >= 11 is 6.53. The summed E-state index contributed by atoms with van der Waals surface area (Å²) in [5.41, 5.74) is 1.68. The predicted molar refractivity (Wildman–Crippen MR) is 122 cm³/mol. The molecule has 1 aromatic heterocycles. The molecule has 0 saturated heterocycles. The molecule has 2 heterocycles. The summed E-state index contributed by atoms with van der Waals surface area (Å²) in [6.07, 6.45) is 3.13. The molecule has 0 aliphatic carbocycles. The number of hydrogen-bond donors (Lipinski definition) is 1. The van der Waals surface area contributed by atoms with Crippen molar-refractivity contribution in [2.45, 2.75) is 52.5 Å². The number of fused-ring (bicyclic) bond motifs is 3. The number of aromatic carboxylic acids is 1. The molecule has 2 aromatic rings. The first-order valence-electron chi connectivity index (χ1n) is 10.6. The summed E-state index contributed by atoms with van der Waals surface area (Å²) in [5, 5.41) is 9.97. The summed E-state index contributed by atoms with van der Waals surface area (Å²) in [7, 11) is 1.65. The first-order chi connectivity index (χ1) is 14.6. The summed E-state index contributed by atoms with van der Waals surface area (Å²) < 4.78 is 12.9. The molecule has 31 heavy (non-hydrogen) atoms. The van der Waals surface area contributed by atoms with Gasteiger partial charge in [-0.05, 0) is 29.5 Å². The highest BCUT2D eigenvalue weighted by atomic mass is 35.5. The summed E-state index contributed by atoms with van der Waals surface area (Å²) in [6, 6.07) is 5.16. The highest BCUT2D eigenvalue weighted by Crippen LogP contribution is 2.52. The lowest BCUT2D eigenvalue weighted by atomic mass is 9.70. The van der Waals surface area contributed by atoms with Crippen LogP contribution in [0.25, 0.3) is 11.3 Å². The first kappa shape index (κ1) is 23.4. The van der Waals surface area contributed by atoms with Gasteiger partial charge in [0.05, 0.1) is 17.3 Å².